The monoisotopic (exact) mass is 399 g/mol. The Morgan fingerprint density at radius 1 is 1.07 bits per heavy atom. The number of hydrogen-bond acceptors (Lipinski definition) is 5. The summed E-state index contributed by atoms with van der Waals surface area (Å²) in [4.78, 5) is 35.9. The molecule has 0 saturated heterocycles. The fourth-order valence-corrected chi connectivity index (χ4v) is 4.46. The maximum Gasteiger partial charge on any atom is 0.308 e. The molecule has 2 aliphatic rings. The summed E-state index contributed by atoms with van der Waals surface area (Å²) in [7, 11) is 1.56. The van der Waals surface area contributed by atoms with Gasteiger partial charge in [0, 0.05) is 13.2 Å². The van der Waals surface area contributed by atoms with Crippen molar-refractivity contribution >= 4 is 17.8 Å². The predicted molar refractivity (Wildman–Crippen MR) is 101 cm³/mol. The fraction of sp³-hybridized carbons (Fsp3) is 0.850. The van der Waals surface area contributed by atoms with Crippen LogP contribution in [0, 0.1) is 17.3 Å². The van der Waals surface area contributed by atoms with Crippen LogP contribution in [0.2, 0.25) is 0 Å². The lowest BCUT2D eigenvalue weighted by Crippen LogP contribution is -2.47. The van der Waals surface area contributed by atoms with Gasteiger partial charge in [0.15, 0.2) is 0 Å². The van der Waals surface area contributed by atoms with Gasteiger partial charge in [0.2, 0.25) is 5.91 Å². The van der Waals surface area contributed by atoms with Crippen molar-refractivity contribution < 1.29 is 34.1 Å². The number of rotatable bonds is 11. The maximum atomic E-state index is 13.1. The highest BCUT2D eigenvalue weighted by molar-refractivity contribution is 5.84. The molecule has 0 aromatic rings. The number of carbonyl (C=O) groups excluding carboxylic acids is 1. The summed E-state index contributed by atoms with van der Waals surface area (Å²) in [6, 6.07) is -0.0261. The van der Waals surface area contributed by atoms with Crippen molar-refractivity contribution in [2.45, 2.75) is 63.8 Å². The Bertz CT molecular complexity index is 537. The lowest BCUT2D eigenvalue weighted by molar-refractivity contribution is -0.147. The largest absolute Gasteiger partial charge is 0.481 e. The van der Waals surface area contributed by atoms with Gasteiger partial charge in [0.25, 0.3) is 0 Å². The molecule has 2 rings (SSSR count). The highest BCUT2D eigenvalue weighted by atomic mass is 16.5. The summed E-state index contributed by atoms with van der Waals surface area (Å²) in [6.45, 7) is 0.792. The first-order chi connectivity index (χ1) is 13.4. The van der Waals surface area contributed by atoms with Crippen LogP contribution in [-0.2, 0) is 23.9 Å². The Labute approximate surface area is 166 Å². The Balaban J connectivity index is 1.94. The van der Waals surface area contributed by atoms with Gasteiger partial charge in [0.1, 0.15) is 0 Å². The first-order valence-electron chi connectivity index (χ1n) is 10.2. The Morgan fingerprint density at radius 3 is 2.25 bits per heavy atom. The Kier molecular flexibility index (Phi) is 8.69. The van der Waals surface area contributed by atoms with Gasteiger partial charge in [-0.15, -0.1) is 0 Å². The van der Waals surface area contributed by atoms with Crippen LogP contribution in [0.4, 0.5) is 0 Å². The van der Waals surface area contributed by atoms with E-state index in [9.17, 15) is 19.5 Å². The average Bonchev–Trinajstić information content (AvgIpc) is 3.14. The van der Waals surface area contributed by atoms with Crippen molar-refractivity contribution in [2.75, 3.05) is 26.9 Å². The zero-order valence-electron chi connectivity index (χ0n) is 16.7. The van der Waals surface area contributed by atoms with Crippen LogP contribution in [0.5, 0.6) is 0 Å². The molecule has 0 radical (unpaired) electrons. The number of methoxy groups -OCH3 is 1. The van der Waals surface area contributed by atoms with Gasteiger partial charge in [-0.2, -0.15) is 0 Å². The van der Waals surface area contributed by atoms with E-state index in [-0.39, 0.29) is 30.9 Å². The van der Waals surface area contributed by atoms with Gasteiger partial charge in [-0.1, -0.05) is 12.8 Å². The number of carboxylic acids is 2. The number of aliphatic carboxylic acids is 2. The minimum atomic E-state index is -0.946. The third kappa shape index (κ3) is 6.17. The van der Waals surface area contributed by atoms with E-state index >= 15 is 0 Å². The summed E-state index contributed by atoms with van der Waals surface area (Å²) >= 11 is 0. The molecule has 2 aliphatic carbocycles. The molecule has 0 unspecified atom stereocenters. The van der Waals surface area contributed by atoms with Gasteiger partial charge in [-0.25, -0.2) is 0 Å². The first-order valence-corrected chi connectivity index (χ1v) is 10.2. The zero-order chi connectivity index (χ0) is 20.6. The van der Waals surface area contributed by atoms with E-state index in [2.05, 4.69) is 5.32 Å². The Morgan fingerprint density at radius 2 is 1.71 bits per heavy atom. The highest BCUT2D eigenvalue weighted by Gasteiger charge is 2.45. The van der Waals surface area contributed by atoms with Gasteiger partial charge >= 0.3 is 11.9 Å². The summed E-state index contributed by atoms with van der Waals surface area (Å²) in [6.07, 6.45) is 5.91. The molecule has 160 valence electrons. The second kappa shape index (κ2) is 10.8. The quantitative estimate of drug-likeness (QED) is 0.455. The van der Waals surface area contributed by atoms with Gasteiger partial charge in [-0.05, 0) is 44.9 Å². The van der Waals surface area contributed by atoms with Crippen LogP contribution < -0.4 is 5.32 Å². The molecule has 1 amide bonds. The molecular weight excluding hydrogens is 366 g/mol. The lowest BCUT2D eigenvalue weighted by Gasteiger charge is -2.34. The van der Waals surface area contributed by atoms with Crippen LogP contribution in [0.3, 0.4) is 0 Å². The molecular formula is C20H33NO7. The van der Waals surface area contributed by atoms with Crippen LogP contribution in [0.1, 0.15) is 57.8 Å². The summed E-state index contributed by atoms with van der Waals surface area (Å²) < 4.78 is 10.3. The number of amides is 1. The van der Waals surface area contributed by atoms with Crippen molar-refractivity contribution in [3.63, 3.8) is 0 Å². The van der Waals surface area contributed by atoms with E-state index in [1.807, 2.05) is 0 Å². The maximum absolute atomic E-state index is 13.1. The minimum absolute atomic E-state index is 0.0261. The normalized spacial score (nSPS) is 25.2. The van der Waals surface area contributed by atoms with Gasteiger partial charge in [-0.3, -0.25) is 14.4 Å². The first kappa shape index (κ1) is 22.6. The molecule has 0 aliphatic heterocycles. The molecule has 0 bridgehead atoms. The number of carboxylic acid groups (broad SMARTS) is 2. The topological polar surface area (TPSA) is 122 Å². The van der Waals surface area contributed by atoms with E-state index in [1.165, 1.54) is 0 Å². The second-order valence-corrected chi connectivity index (χ2v) is 8.15. The summed E-state index contributed by atoms with van der Waals surface area (Å²) in [5.41, 5.74) is -0.669. The van der Waals surface area contributed by atoms with Crippen LogP contribution in [0.25, 0.3) is 0 Å². The third-order valence-corrected chi connectivity index (χ3v) is 6.19. The molecule has 3 N–H and O–H groups in total. The highest BCUT2D eigenvalue weighted by Crippen LogP contribution is 2.44. The zero-order valence-corrected chi connectivity index (χ0v) is 16.7. The molecule has 2 saturated carbocycles. The smallest absolute Gasteiger partial charge is 0.308 e. The van der Waals surface area contributed by atoms with Crippen LogP contribution in [-0.4, -0.2) is 61.0 Å². The number of carbonyl (C=O) groups is 3. The van der Waals surface area contributed by atoms with E-state index in [4.69, 9.17) is 14.6 Å². The van der Waals surface area contributed by atoms with E-state index in [0.717, 1.165) is 12.8 Å². The van der Waals surface area contributed by atoms with E-state index in [0.29, 0.717) is 51.7 Å². The standard InChI is InChI=1S/C20H33NO7/c1-27-10-11-28-13-15(18(24)25)12-20(8-2-3-9-20)19(26)21-16-6-4-14(5-7-16)17(22)23/h14-16H,2-13H2,1H3,(H,21,26)(H,22,23)(H,24,25)/t14?,15-,16?/m1/s1. The van der Waals surface area contributed by atoms with Crippen molar-refractivity contribution in [1.29, 1.82) is 0 Å². The van der Waals surface area contributed by atoms with Crippen molar-refractivity contribution in [2.24, 2.45) is 17.3 Å². The number of nitrogens with one attached hydrogen (secondary N) is 1. The van der Waals surface area contributed by atoms with Crippen LogP contribution >= 0.6 is 0 Å². The average molecular weight is 399 g/mol. The van der Waals surface area contributed by atoms with Crippen LogP contribution in [0.15, 0.2) is 0 Å². The molecule has 0 aromatic heterocycles. The van der Waals surface area contributed by atoms with E-state index < -0.39 is 23.3 Å². The fourth-order valence-electron chi connectivity index (χ4n) is 4.46. The molecule has 0 heterocycles. The second-order valence-electron chi connectivity index (χ2n) is 8.15. The molecule has 2 fully saturated rings. The predicted octanol–water partition coefficient (Wildman–Crippen LogP) is 2.06. The SMILES string of the molecule is COCCOC[C@@H](CC1(C(=O)NC2CCC(C(=O)O)CC2)CCCC1)C(=O)O. The molecule has 1 atom stereocenters. The number of hydrogen-bond donors (Lipinski definition) is 3. The third-order valence-electron chi connectivity index (χ3n) is 6.19. The summed E-state index contributed by atoms with van der Waals surface area (Å²) in [5.74, 6) is -2.85. The summed E-state index contributed by atoms with van der Waals surface area (Å²) in [5, 5.41) is 21.8. The molecule has 0 spiro atoms. The van der Waals surface area contributed by atoms with E-state index in [1.54, 1.807) is 7.11 Å². The molecule has 8 heteroatoms. The Hall–Kier alpha value is -1.67. The van der Waals surface area contributed by atoms with Crippen molar-refractivity contribution in [1.82, 2.24) is 5.32 Å². The van der Waals surface area contributed by atoms with Crippen molar-refractivity contribution in [3.05, 3.63) is 0 Å². The minimum Gasteiger partial charge on any atom is -0.481 e. The van der Waals surface area contributed by atoms with Crippen molar-refractivity contribution in [3.8, 4) is 0 Å². The van der Waals surface area contributed by atoms with Gasteiger partial charge < -0.3 is 25.0 Å². The lowest BCUT2D eigenvalue weighted by atomic mass is 9.76. The number of ether oxygens (including phenoxy) is 2. The molecule has 28 heavy (non-hydrogen) atoms. The molecule has 8 nitrogen and oxygen atoms in total. The molecule has 0 aromatic carbocycles. The van der Waals surface area contributed by atoms with Gasteiger partial charge in [0.05, 0.1) is 37.1 Å².